The van der Waals surface area contributed by atoms with E-state index in [4.69, 9.17) is 0 Å². The quantitative estimate of drug-likeness (QED) is 0.499. The van der Waals surface area contributed by atoms with E-state index in [0.29, 0.717) is 11.3 Å². The molecule has 6 rings (SSSR count). The average molecular weight is 526 g/mol. The van der Waals surface area contributed by atoms with Crippen molar-refractivity contribution in [3.63, 3.8) is 0 Å². The Hall–Kier alpha value is -3.77. The van der Waals surface area contributed by atoms with Crippen LogP contribution in [-0.2, 0) is 26.2 Å². The standard InChI is InChI=1S/C25H24FN5O5S/c26-19-13-18-16(14-31(25(18)34)21-3-4-23(32)28-24(21)33)12-22(19)29-7-9-30(10-8-29)37(35,36)17-1-2-20-15(11-17)5-6-27-20/h1-2,5-6,11-13,21,27H,3-4,7-10,14H2,(H,28,32,33). The molecule has 12 heteroatoms. The third-order valence-corrected chi connectivity index (χ3v) is 9.23. The fraction of sp³-hybridized carbons (Fsp3) is 0.320. The lowest BCUT2D eigenvalue weighted by Gasteiger charge is -2.35. The zero-order chi connectivity index (χ0) is 25.9. The summed E-state index contributed by atoms with van der Waals surface area (Å²) >= 11 is 0. The number of hydrogen-bond donors (Lipinski definition) is 2. The fourth-order valence-electron chi connectivity index (χ4n) is 5.33. The summed E-state index contributed by atoms with van der Waals surface area (Å²) in [5.41, 5.74) is 1.95. The predicted molar refractivity (Wildman–Crippen MR) is 132 cm³/mol. The van der Waals surface area contributed by atoms with Crippen molar-refractivity contribution >= 4 is 44.3 Å². The first-order chi connectivity index (χ1) is 17.7. The normalized spacial score (nSPS) is 21.0. The highest BCUT2D eigenvalue weighted by molar-refractivity contribution is 7.89. The van der Waals surface area contributed by atoms with Gasteiger partial charge in [-0.15, -0.1) is 0 Å². The van der Waals surface area contributed by atoms with Crippen LogP contribution in [0.4, 0.5) is 10.1 Å². The number of piperazine rings is 1. The van der Waals surface area contributed by atoms with E-state index in [2.05, 4.69) is 10.3 Å². The van der Waals surface area contributed by atoms with E-state index >= 15 is 4.39 Å². The predicted octanol–water partition coefficient (Wildman–Crippen LogP) is 1.58. The maximum absolute atomic E-state index is 15.1. The number of fused-ring (bicyclic) bond motifs is 2. The number of nitrogens with zero attached hydrogens (tertiary/aromatic N) is 3. The van der Waals surface area contributed by atoms with Crippen LogP contribution in [0, 0.1) is 5.82 Å². The van der Waals surface area contributed by atoms with Crippen molar-refractivity contribution in [1.29, 1.82) is 0 Å². The number of rotatable bonds is 4. The Morgan fingerprint density at radius 2 is 1.76 bits per heavy atom. The number of sulfonamides is 1. The molecule has 3 aliphatic rings. The van der Waals surface area contributed by atoms with Gasteiger partial charge in [0.05, 0.1) is 10.6 Å². The number of aromatic nitrogens is 1. The Bertz CT molecular complexity index is 1560. The summed E-state index contributed by atoms with van der Waals surface area (Å²) in [4.78, 5) is 43.1. The summed E-state index contributed by atoms with van der Waals surface area (Å²) in [5, 5.41) is 3.06. The fourth-order valence-corrected chi connectivity index (χ4v) is 6.79. The molecule has 1 unspecified atom stereocenters. The van der Waals surface area contributed by atoms with E-state index in [9.17, 15) is 22.8 Å². The zero-order valence-electron chi connectivity index (χ0n) is 19.7. The number of anilines is 1. The molecule has 10 nitrogen and oxygen atoms in total. The molecule has 1 aromatic heterocycles. The van der Waals surface area contributed by atoms with Crippen LogP contribution < -0.4 is 10.2 Å². The van der Waals surface area contributed by atoms with Crippen molar-refractivity contribution in [2.45, 2.75) is 30.3 Å². The molecule has 3 amide bonds. The summed E-state index contributed by atoms with van der Waals surface area (Å²) in [7, 11) is -3.71. The zero-order valence-corrected chi connectivity index (χ0v) is 20.6. The minimum atomic E-state index is -3.71. The SMILES string of the molecule is O=C1CCC(N2Cc3cc(N4CCN(S(=O)(=O)c5ccc6[nH]ccc6c5)CC4)c(F)cc3C2=O)C(=O)N1. The number of benzene rings is 2. The van der Waals surface area contributed by atoms with Gasteiger partial charge in [0.1, 0.15) is 11.9 Å². The lowest BCUT2D eigenvalue weighted by atomic mass is 10.0. The van der Waals surface area contributed by atoms with Gasteiger partial charge in [-0.3, -0.25) is 19.7 Å². The van der Waals surface area contributed by atoms with Gasteiger partial charge in [-0.2, -0.15) is 4.31 Å². The van der Waals surface area contributed by atoms with Crippen LogP contribution >= 0.6 is 0 Å². The van der Waals surface area contributed by atoms with Crippen molar-refractivity contribution < 1.29 is 27.2 Å². The van der Waals surface area contributed by atoms with Crippen molar-refractivity contribution in [2.75, 3.05) is 31.1 Å². The van der Waals surface area contributed by atoms with Gasteiger partial charge < -0.3 is 14.8 Å². The van der Waals surface area contributed by atoms with Gasteiger partial charge in [0.15, 0.2) is 0 Å². The van der Waals surface area contributed by atoms with Crippen LogP contribution in [-0.4, -0.2) is 72.5 Å². The molecule has 3 aromatic rings. The summed E-state index contributed by atoms with van der Waals surface area (Å²) in [6, 6.07) is 8.79. The smallest absolute Gasteiger partial charge is 0.255 e. The third kappa shape index (κ3) is 3.96. The number of hydrogen-bond acceptors (Lipinski definition) is 6. The molecule has 0 aliphatic carbocycles. The molecule has 37 heavy (non-hydrogen) atoms. The molecule has 2 fully saturated rings. The molecular weight excluding hydrogens is 501 g/mol. The van der Waals surface area contributed by atoms with E-state index in [1.165, 1.54) is 15.3 Å². The van der Waals surface area contributed by atoms with Gasteiger partial charge in [-0.25, -0.2) is 12.8 Å². The Labute approximate surface area is 212 Å². The molecule has 0 radical (unpaired) electrons. The number of halogens is 1. The number of nitrogens with one attached hydrogen (secondary N) is 2. The molecule has 2 saturated heterocycles. The largest absolute Gasteiger partial charge is 0.367 e. The highest BCUT2D eigenvalue weighted by Crippen LogP contribution is 2.33. The van der Waals surface area contributed by atoms with Crippen molar-refractivity contribution in [3.8, 4) is 0 Å². The Kier molecular flexibility index (Phi) is 5.53. The van der Waals surface area contributed by atoms with E-state index in [1.807, 2.05) is 6.07 Å². The molecule has 2 N–H and O–H groups in total. The lowest BCUT2D eigenvalue weighted by molar-refractivity contribution is -0.136. The maximum Gasteiger partial charge on any atom is 0.255 e. The minimum absolute atomic E-state index is 0.141. The number of H-pyrrole nitrogens is 1. The van der Waals surface area contributed by atoms with E-state index in [1.54, 1.807) is 35.4 Å². The van der Waals surface area contributed by atoms with E-state index < -0.39 is 33.7 Å². The molecule has 4 heterocycles. The number of imide groups is 1. The number of piperidine rings is 1. The molecule has 0 spiro atoms. The van der Waals surface area contributed by atoms with Crippen LogP contribution in [0.1, 0.15) is 28.8 Å². The lowest BCUT2D eigenvalue weighted by Crippen LogP contribution is -2.52. The maximum atomic E-state index is 15.1. The second-order valence-electron chi connectivity index (χ2n) is 9.48. The van der Waals surface area contributed by atoms with E-state index in [-0.39, 0.29) is 61.9 Å². The van der Waals surface area contributed by atoms with Gasteiger partial charge in [-0.05, 0) is 48.4 Å². The van der Waals surface area contributed by atoms with Crippen LogP contribution in [0.15, 0.2) is 47.5 Å². The van der Waals surface area contributed by atoms with Gasteiger partial charge in [0.25, 0.3) is 5.91 Å². The van der Waals surface area contributed by atoms with Crippen molar-refractivity contribution in [1.82, 2.24) is 19.5 Å². The number of amides is 3. The molecular formula is C25H24FN5O5S. The van der Waals surface area contributed by atoms with Gasteiger partial charge in [-0.1, -0.05) is 0 Å². The summed E-state index contributed by atoms with van der Waals surface area (Å²) in [5.74, 6) is -1.91. The van der Waals surface area contributed by atoms with Crippen molar-refractivity contribution in [3.05, 3.63) is 59.5 Å². The first kappa shape index (κ1) is 23.6. The van der Waals surface area contributed by atoms with Gasteiger partial charge in [0.2, 0.25) is 21.8 Å². The number of carbonyl (C=O) groups is 3. The summed E-state index contributed by atoms with van der Waals surface area (Å²) < 4.78 is 43.0. The monoisotopic (exact) mass is 525 g/mol. The van der Waals surface area contributed by atoms with Crippen molar-refractivity contribution in [2.24, 2.45) is 0 Å². The third-order valence-electron chi connectivity index (χ3n) is 7.33. The van der Waals surface area contributed by atoms with Crippen LogP contribution in [0.5, 0.6) is 0 Å². The molecule has 192 valence electrons. The second kappa shape index (κ2) is 8.67. The number of carbonyl (C=O) groups excluding carboxylic acids is 3. The van der Waals surface area contributed by atoms with Crippen LogP contribution in [0.2, 0.25) is 0 Å². The Morgan fingerprint density at radius 1 is 0.973 bits per heavy atom. The molecule has 0 bridgehead atoms. The second-order valence-corrected chi connectivity index (χ2v) is 11.4. The Balaban J connectivity index is 1.18. The summed E-state index contributed by atoms with van der Waals surface area (Å²) in [6.45, 7) is 1.08. The van der Waals surface area contributed by atoms with Crippen LogP contribution in [0.25, 0.3) is 10.9 Å². The molecule has 3 aliphatic heterocycles. The highest BCUT2D eigenvalue weighted by Gasteiger charge is 2.40. The topological polar surface area (TPSA) is 123 Å². The molecule has 1 atom stereocenters. The van der Waals surface area contributed by atoms with Crippen LogP contribution in [0.3, 0.4) is 0 Å². The molecule has 0 saturated carbocycles. The van der Waals surface area contributed by atoms with E-state index in [0.717, 1.165) is 10.9 Å². The summed E-state index contributed by atoms with van der Waals surface area (Å²) in [6.07, 6.45) is 2.12. The Morgan fingerprint density at radius 3 is 2.51 bits per heavy atom. The van der Waals surface area contributed by atoms with Gasteiger partial charge in [0, 0.05) is 61.8 Å². The highest BCUT2D eigenvalue weighted by atomic mass is 32.2. The molecule has 2 aromatic carbocycles. The first-order valence-corrected chi connectivity index (χ1v) is 13.5. The minimum Gasteiger partial charge on any atom is -0.367 e. The average Bonchev–Trinajstić information content (AvgIpc) is 3.48. The van der Waals surface area contributed by atoms with Gasteiger partial charge >= 0.3 is 0 Å². The first-order valence-electron chi connectivity index (χ1n) is 12.0. The number of aromatic amines is 1.